The van der Waals surface area contributed by atoms with Gasteiger partial charge in [0.15, 0.2) is 0 Å². The number of aliphatic hydroxyl groups excluding tert-OH is 1. The van der Waals surface area contributed by atoms with Gasteiger partial charge in [-0.15, -0.1) is 11.3 Å². The van der Waals surface area contributed by atoms with Crippen molar-refractivity contribution in [2.24, 2.45) is 5.41 Å². The summed E-state index contributed by atoms with van der Waals surface area (Å²) in [5, 5.41) is 21.9. The van der Waals surface area contributed by atoms with Crippen molar-refractivity contribution in [3.05, 3.63) is 95.4 Å². The van der Waals surface area contributed by atoms with E-state index < -0.39 is 51.5 Å². The van der Waals surface area contributed by atoms with Gasteiger partial charge in [-0.2, -0.15) is 4.31 Å². The molecule has 2 fully saturated rings. The Morgan fingerprint density at radius 1 is 0.861 bits per heavy atom. The second kappa shape index (κ2) is 27.0. The standard InChI is InChI=1S/C50H69N9O11S2/c1-35(38-8-10-39(11-9-38)45-36(2)53-34-71-45)54-47(62)43-29-41(60)32-59(43)48(63)46(50(3,4)5)56-44(61)33-70-28-27-69-26-25-68-24-23-67-22-21-57-17-19-58(20-18-57)72(65,66)42-14-12-40(13-15-42)55-49(64)52-31-37-7-6-16-51-30-37/h6-16,30,34-35,41,43,46,60H,17-29,31-33H2,1-5H3,(H,54,62)(H,56,61)(H2,52,55,64)/t35-,41+,43-,46+/m0/s1. The van der Waals surface area contributed by atoms with Gasteiger partial charge in [-0.25, -0.2) is 18.2 Å². The summed E-state index contributed by atoms with van der Waals surface area (Å²) in [4.78, 5) is 66.0. The maximum Gasteiger partial charge on any atom is 0.319 e. The summed E-state index contributed by atoms with van der Waals surface area (Å²) in [5.74, 6) is -1.34. The van der Waals surface area contributed by atoms with E-state index in [2.05, 4.69) is 36.1 Å². The van der Waals surface area contributed by atoms with Crippen molar-refractivity contribution in [3.63, 3.8) is 0 Å². The molecule has 5 amide bonds. The minimum Gasteiger partial charge on any atom is -0.391 e. The highest BCUT2D eigenvalue weighted by molar-refractivity contribution is 7.89. The van der Waals surface area contributed by atoms with Crippen molar-refractivity contribution >= 4 is 50.8 Å². The van der Waals surface area contributed by atoms with Crippen molar-refractivity contribution < 1.29 is 51.6 Å². The Hall–Kier alpha value is -5.43. The second-order valence-corrected chi connectivity index (χ2v) is 21.5. The molecule has 0 saturated carbocycles. The SMILES string of the molecule is Cc1ncsc1-c1ccc([C@H](C)NC(=O)[C@@H]2C[C@@H](O)CN2C(=O)[C@@H](NC(=O)COCCOCCOCCOCCN2CCN(S(=O)(=O)c3ccc(NC(=O)NCc4cccnc4)cc3)CC2)C(C)(C)C)cc1. The van der Waals surface area contributed by atoms with Crippen LogP contribution in [-0.2, 0) is 49.9 Å². The molecule has 0 radical (unpaired) electrons. The number of nitrogens with zero attached hydrogens (tertiary/aromatic N) is 5. The number of sulfonamides is 1. The van der Waals surface area contributed by atoms with Gasteiger partial charge in [0.2, 0.25) is 27.7 Å². The van der Waals surface area contributed by atoms with E-state index in [1.54, 1.807) is 41.9 Å². The van der Waals surface area contributed by atoms with Crippen LogP contribution in [0.15, 0.2) is 83.5 Å². The van der Waals surface area contributed by atoms with Gasteiger partial charge in [-0.1, -0.05) is 51.1 Å². The third-order valence-corrected chi connectivity index (χ3v) is 15.1. The number of aromatic nitrogens is 2. The number of rotatable bonds is 25. The Balaban J connectivity index is 0.787. The maximum absolute atomic E-state index is 14.0. The Labute approximate surface area is 426 Å². The number of likely N-dealkylation sites (tertiary alicyclic amines) is 1. The van der Waals surface area contributed by atoms with Gasteiger partial charge in [0, 0.05) is 70.3 Å². The van der Waals surface area contributed by atoms with Gasteiger partial charge in [0.1, 0.15) is 18.7 Å². The van der Waals surface area contributed by atoms with Crippen LogP contribution in [0.3, 0.4) is 0 Å². The number of amides is 5. The highest BCUT2D eigenvalue weighted by Crippen LogP contribution is 2.30. The van der Waals surface area contributed by atoms with E-state index in [9.17, 15) is 32.7 Å². The number of carbonyl (C=O) groups is 4. The lowest BCUT2D eigenvalue weighted by Gasteiger charge is -2.35. The van der Waals surface area contributed by atoms with Crippen LogP contribution in [0.1, 0.15) is 57.0 Å². The number of piperazine rings is 1. The molecule has 392 valence electrons. The molecule has 0 bridgehead atoms. The highest BCUT2D eigenvalue weighted by atomic mass is 32.2. The molecule has 20 nitrogen and oxygen atoms in total. The molecule has 2 saturated heterocycles. The van der Waals surface area contributed by atoms with Crippen molar-refractivity contribution in [1.82, 2.24) is 40.0 Å². The van der Waals surface area contributed by atoms with Crippen LogP contribution in [0, 0.1) is 12.3 Å². The number of thiazole rings is 1. The first kappa shape index (κ1) is 55.9. The first-order valence-corrected chi connectivity index (χ1v) is 26.5. The number of hydrogen-bond acceptors (Lipinski definition) is 15. The third-order valence-electron chi connectivity index (χ3n) is 12.2. The monoisotopic (exact) mass is 1040 g/mol. The van der Waals surface area contributed by atoms with Crippen LogP contribution in [0.2, 0.25) is 0 Å². The molecule has 2 aliphatic heterocycles. The summed E-state index contributed by atoms with van der Waals surface area (Å²) in [6, 6.07) is 15.0. The molecule has 0 unspecified atom stereocenters. The fourth-order valence-corrected chi connectivity index (χ4v) is 10.4. The van der Waals surface area contributed by atoms with Crippen molar-refractivity contribution in [1.29, 1.82) is 0 Å². The summed E-state index contributed by atoms with van der Waals surface area (Å²) in [6.45, 7) is 14.0. The van der Waals surface area contributed by atoms with Gasteiger partial charge >= 0.3 is 6.03 Å². The zero-order valence-electron chi connectivity index (χ0n) is 41.7. The van der Waals surface area contributed by atoms with Gasteiger partial charge < -0.3 is 50.2 Å². The number of ether oxygens (including phenoxy) is 4. The zero-order valence-corrected chi connectivity index (χ0v) is 43.3. The van der Waals surface area contributed by atoms with Gasteiger partial charge in [-0.05, 0) is 66.3 Å². The van der Waals surface area contributed by atoms with Crippen LogP contribution >= 0.6 is 11.3 Å². The number of pyridine rings is 1. The van der Waals surface area contributed by atoms with Crippen LogP contribution in [0.4, 0.5) is 10.5 Å². The largest absolute Gasteiger partial charge is 0.391 e. The molecule has 6 rings (SSSR count). The average Bonchev–Trinajstić information content (AvgIpc) is 3.99. The molecule has 4 aromatic rings. The summed E-state index contributed by atoms with van der Waals surface area (Å²) in [7, 11) is -3.70. The van der Waals surface area contributed by atoms with Crippen molar-refractivity contribution in [2.45, 2.75) is 76.7 Å². The summed E-state index contributed by atoms with van der Waals surface area (Å²) < 4.78 is 50.5. The number of carbonyl (C=O) groups excluding carboxylic acids is 4. The zero-order chi connectivity index (χ0) is 51.7. The number of hydrogen-bond donors (Lipinski definition) is 5. The molecule has 0 spiro atoms. The molecule has 2 aliphatic rings. The van der Waals surface area contributed by atoms with Crippen LogP contribution < -0.4 is 21.3 Å². The van der Waals surface area contributed by atoms with E-state index >= 15 is 0 Å². The quantitative estimate of drug-likeness (QED) is 0.0597. The third kappa shape index (κ3) is 16.5. The van der Waals surface area contributed by atoms with E-state index in [4.69, 9.17) is 18.9 Å². The molecular weight excluding hydrogens is 967 g/mol. The molecule has 22 heteroatoms. The Kier molecular flexibility index (Phi) is 21.0. The summed E-state index contributed by atoms with van der Waals surface area (Å²) in [5.41, 5.74) is 5.30. The van der Waals surface area contributed by atoms with Crippen molar-refractivity contribution in [2.75, 3.05) is 97.4 Å². The Bertz CT molecular complexity index is 2470. The predicted molar refractivity (Wildman–Crippen MR) is 271 cm³/mol. The Morgan fingerprint density at radius 3 is 2.12 bits per heavy atom. The highest BCUT2D eigenvalue weighted by Gasteiger charge is 2.44. The topological polar surface area (TPSA) is 243 Å². The summed E-state index contributed by atoms with van der Waals surface area (Å²) >= 11 is 1.57. The van der Waals surface area contributed by atoms with Gasteiger partial charge in [-0.3, -0.25) is 24.3 Å². The van der Waals surface area contributed by atoms with Crippen molar-refractivity contribution in [3.8, 4) is 10.4 Å². The molecule has 0 aliphatic carbocycles. The van der Waals surface area contributed by atoms with E-state index in [1.165, 1.54) is 21.3 Å². The normalized spacial score (nSPS) is 17.6. The van der Waals surface area contributed by atoms with E-state index in [0.29, 0.717) is 78.0 Å². The number of aryl methyl sites for hydroxylation is 1. The van der Waals surface area contributed by atoms with E-state index in [0.717, 1.165) is 27.3 Å². The molecular formula is C50H69N9O11S2. The number of urea groups is 1. The smallest absolute Gasteiger partial charge is 0.319 e. The average molecular weight is 1040 g/mol. The number of nitrogens with one attached hydrogen (secondary N) is 4. The lowest BCUT2D eigenvalue weighted by molar-refractivity contribution is -0.144. The van der Waals surface area contributed by atoms with E-state index in [1.807, 2.05) is 70.5 Å². The second-order valence-electron chi connectivity index (χ2n) is 18.7. The molecule has 72 heavy (non-hydrogen) atoms. The van der Waals surface area contributed by atoms with Crippen LogP contribution in [0.5, 0.6) is 0 Å². The van der Waals surface area contributed by atoms with E-state index in [-0.39, 0.29) is 49.6 Å². The van der Waals surface area contributed by atoms with Gasteiger partial charge in [0.25, 0.3) is 0 Å². The number of anilines is 1. The number of benzene rings is 2. The first-order chi connectivity index (χ1) is 34.5. The molecule has 4 heterocycles. The lowest BCUT2D eigenvalue weighted by Crippen LogP contribution is -2.58. The van der Waals surface area contributed by atoms with Crippen LogP contribution in [-0.4, -0.2) is 172 Å². The molecule has 2 aromatic carbocycles. The number of β-amino-alcohol motifs (C(OH)–C–C–N with tert-alkyl or cyclic N) is 1. The molecule has 4 atom stereocenters. The lowest BCUT2D eigenvalue weighted by atomic mass is 9.85. The minimum absolute atomic E-state index is 0.0321. The van der Waals surface area contributed by atoms with Crippen LogP contribution in [0.25, 0.3) is 10.4 Å². The number of aliphatic hydroxyl groups is 1. The predicted octanol–water partition coefficient (Wildman–Crippen LogP) is 3.58. The first-order valence-electron chi connectivity index (χ1n) is 24.2. The maximum atomic E-state index is 14.0. The molecule has 2 aromatic heterocycles. The fourth-order valence-electron chi connectivity index (χ4n) is 8.15. The fraction of sp³-hybridized carbons (Fsp3) is 0.520. The van der Waals surface area contributed by atoms with Gasteiger partial charge in [0.05, 0.1) is 79.4 Å². The summed E-state index contributed by atoms with van der Waals surface area (Å²) in [6.07, 6.45) is 2.51. The minimum atomic E-state index is -3.70. The Morgan fingerprint density at radius 2 is 1.51 bits per heavy atom. The molecule has 5 N–H and O–H groups in total.